The summed E-state index contributed by atoms with van der Waals surface area (Å²) in [5, 5.41) is 1.05. The number of hydrogen-bond donors (Lipinski definition) is 0. The van der Waals surface area contributed by atoms with Gasteiger partial charge in [0.05, 0.1) is 11.7 Å². The average molecular weight is 376 g/mol. The summed E-state index contributed by atoms with van der Waals surface area (Å²) in [4.78, 5) is 29.6. The van der Waals surface area contributed by atoms with Gasteiger partial charge in [0, 0.05) is 62.6 Å². The van der Waals surface area contributed by atoms with Crippen LogP contribution in [0.1, 0.15) is 18.5 Å². The van der Waals surface area contributed by atoms with Crippen LogP contribution in [0.25, 0.3) is 10.9 Å². The third-order valence-corrected chi connectivity index (χ3v) is 5.54. The number of nitrogens with zero attached hydrogens (tertiary/aromatic N) is 8. The molecular formula is C20H24N8. The molecule has 0 N–H and O–H groups in total. The molecule has 0 bridgehead atoms. The maximum Gasteiger partial charge on any atom is 0.227 e. The molecule has 0 amide bonds. The summed E-state index contributed by atoms with van der Waals surface area (Å²) < 4.78 is 0. The number of piperazine rings is 1. The van der Waals surface area contributed by atoms with Crippen LogP contribution in [0.15, 0.2) is 30.9 Å². The van der Waals surface area contributed by atoms with Gasteiger partial charge < -0.3 is 14.7 Å². The highest BCUT2D eigenvalue weighted by atomic mass is 15.3. The zero-order chi connectivity index (χ0) is 18.9. The van der Waals surface area contributed by atoms with Crippen molar-refractivity contribution in [2.24, 2.45) is 0 Å². The van der Waals surface area contributed by atoms with Gasteiger partial charge in [-0.05, 0) is 25.8 Å². The van der Waals surface area contributed by atoms with E-state index in [4.69, 9.17) is 9.97 Å². The van der Waals surface area contributed by atoms with E-state index in [-0.39, 0.29) is 0 Å². The van der Waals surface area contributed by atoms with E-state index < -0.39 is 0 Å². The Labute approximate surface area is 164 Å². The first-order valence-electron chi connectivity index (χ1n) is 9.93. The van der Waals surface area contributed by atoms with Crippen molar-refractivity contribution in [3.8, 4) is 0 Å². The maximum absolute atomic E-state index is 4.88. The average Bonchev–Trinajstić information content (AvgIpc) is 3.28. The molecule has 28 heavy (non-hydrogen) atoms. The molecular weight excluding hydrogens is 352 g/mol. The van der Waals surface area contributed by atoms with Gasteiger partial charge in [-0.1, -0.05) is 0 Å². The molecule has 0 radical (unpaired) electrons. The molecule has 0 unspecified atom stereocenters. The SMILES string of the molecule is Cc1cc(N2CCCC2)nc(N2CCN(c3ncnc4cnccc34)CC2)n1. The molecule has 0 atom stereocenters. The van der Waals surface area contributed by atoms with Crippen LogP contribution in [0.4, 0.5) is 17.6 Å². The van der Waals surface area contributed by atoms with Crippen LogP contribution in [0.5, 0.6) is 0 Å². The summed E-state index contributed by atoms with van der Waals surface area (Å²) in [5.41, 5.74) is 1.91. The zero-order valence-corrected chi connectivity index (χ0v) is 16.1. The van der Waals surface area contributed by atoms with Crippen molar-refractivity contribution < 1.29 is 0 Å². The minimum Gasteiger partial charge on any atom is -0.356 e. The van der Waals surface area contributed by atoms with Crippen LogP contribution in [-0.2, 0) is 0 Å². The van der Waals surface area contributed by atoms with Gasteiger partial charge in [-0.25, -0.2) is 15.0 Å². The second-order valence-electron chi connectivity index (χ2n) is 7.43. The van der Waals surface area contributed by atoms with Gasteiger partial charge in [0.25, 0.3) is 0 Å². The van der Waals surface area contributed by atoms with Crippen LogP contribution in [0.3, 0.4) is 0 Å². The third kappa shape index (κ3) is 3.19. The number of fused-ring (bicyclic) bond motifs is 1. The Morgan fingerprint density at radius 3 is 2.46 bits per heavy atom. The summed E-state index contributed by atoms with van der Waals surface area (Å²) >= 11 is 0. The van der Waals surface area contributed by atoms with Crippen molar-refractivity contribution >= 4 is 28.5 Å². The van der Waals surface area contributed by atoms with Gasteiger partial charge in [0.2, 0.25) is 5.95 Å². The standard InChI is InChI=1S/C20H24N8/c1-15-12-18(26-6-2-3-7-26)25-20(24-15)28-10-8-27(9-11-28)19-16-4-5-21-13-17(16)22-14-23-19/h4-5,12-14H,2-3,6-11H2,1H3. The molecule has 2 aliphatic rings. The van der Waals surface area contributed by atoms with Gasteiger partial charge in [0.15, 0.2) is 0 Å². The lowest BCUT2D eigenvalue weighted by Gasteiger charge is -2.36. The number of aromatic nitrogens is 5. The molecule has 2 fully saturated rings. The van der Waals surface area contributed by atoms with Crippen LogP contribution in [0.2, 0.25) is 0 Å². The van der Waals surface area contributed by atoms with Gasteiger partial charge in [-0.15, -0.1) is 0 Å². The van der Waals surface area contributed by atoms with Gasteiger partial charge in [-0.2, -0.15) is 4.98 Å². The quantitative estimate of drug-likeness (QED) is 0.688. The first-order valence-corrected chi connectivity index (χ1v) is 9.93. The first-order chi connectivity index (χ1) is 13.8. The van der Waals surface area contributed by atoms with Crippen molar-refractivity contribution in [2.45, 2.75) is 19.8 Å². The van der Waals surface area contributed by atoms with E-state index in [0.29, 0.717) is 0 Å². The maximum atomic E-state index is 4.88. The third-order valence-electron chi connectivity index (χ3n) is 5.54. The molecule has 2 saturated heterocycles. The Balaban J connectivity index is 1.34. The van der Waals surface area contributed by atoms with E-state index in [0.717, 1.165) is 73.4 Å². The van der Waals surface area contributed by atoms with E-state index in [1.54, 1.807) is 18.7 Å². The Kier molecular flexibility index (Phi) is 4.38. The highest BCUT2D eigenvalue weighted by Gasteiger charge is 2.23. The van der Waals surface area contributed by atoms with Crippen molar-refractivity contribution in [1.29, 1.82) is 0 Å². The zero-order valence-electron chi connectivity index (χ0n) is 16.1. The summed E-state index contributed by atoms with van der Waals surface area (Å²) in [6, 6.07) is 4.09. The van der Waals surface area contributed by atoms with E-state index in [9.17, 15) is 0 Å². The molecule has 144 valence electrons. The lowest BCUT2D eigenvalue weighted by atomic mass is 10.2. The number of rotatable bonds is 3. The van der Waals surface area contributed by atoms with Gasteiger partial charge >= 0.3 is 0 Å². The predicted octanol–water partition coefficient (Wildman–Crippen LogP) is 2.05. The number of aryl methyl sites for hydroxylation is 1. The number of pyridine rings is 1. The van der Waals surface area contributed by atoms with Crippen LogP contribution in [-0.4, -0.2) is 64.2 Å². The van der Waals surface area contributed by atoms with Crippen LogP contribution >= 0.6 is 0 Å². The second kappa shape index (κ2) is 7.18. The predicted molar refractivity (Wildman–Crippen MR) is 110 cm³/mol. The number of anilines is 3. The molecule has 0 aliphatic carbocycles. The second-order valence-corrected chi connectivity index (χ2v) is 7.43. The minimum atomic E-state index is 0.846. The highest BCUT2D eigenvalue weighted by Crippen LogP contribution is 2.25. The molecule has 0 saturated carbocycles. The summed E-state index contributed by atoms with van der Waals surface area (Å²) in [5.74, 6) is 2.89. The summed E-state index contributed by atoms with van der Waals surface area (Å²) in [7, 11) is 0. The van der Waals surface area contributed by atoms with Crippen molar-refractivity contribution in [3.63, 3.8) is 0 Å². The molecule has 3 aromatic heterocycles. The molecule has 5 heterocycles. The lowest BCUT2D eigenvalue weighted by molar-refractivity contribution is 0.634. The molecule has 0 aromatic carbocycles. The van der Waals surface area contributed by atoms with E-state index in [2.05, 4.69) is 42.6 Å². The number of hydrogen-bond acceptors (Lipinski definition) is 8. The van der Waals surface area contributed by atoms with E-state index in [1.165, 1.54) is 12.8 Å². The molecule has 8 heteroatoms. The fourth-order valence-electron chi connectivity index (χ4n) is 4.05. The highest BCUT2D eigenvalue weighted by molar-refractivity contribution is 5.88. The molecule has 2 aliphatic heterocycles. The normalized spacial score (nSPS) is 17.5. The largest absolute Gasteiger partial charge is 0.356 e. The fourth-order valence-corrected chi connectivity index (χ4v) is 4.05. The molecule has 5 rings (SSSR count). The van der Waals surface area contributed by atoms with Crippen LogP contribution in [0, 0.1) is 6.92 Å². The lowest BCUT2D eigenvalue weighted by Crippen LogP contribution is -2.47. The van der Waals surface area contributed by atoms with Gasteiger partial charge in [0.1, 0.15) is 18.0 Å². The van der Waals surface area contributed by atoms with E-state index >= 15 is 0 Å². The Morgan fingerprint density at radius 2 is 1.64 bits per heavy atom. The molecule has 3 aromatic rings. The smallest absolute Gasteiger partial charge is 0.227 e. The van der Waals surface area contributed by atoms with Crippen molar-refractivity contribution in [2.75, 3.05) is 54.0 Å². The van der Waals surface area contributed by atoms with Crippen molar-refractivity contribution in [1.82, 2.24) is 24.9 Å². The van der Waals surface area contributed by atoms with Crippen molar-refractivity contribution in [3.05, 3.63) is 36.5 Å². The van der Waals surface area contributed by atoms with Crippen LogP contribution < -0.4 is 14.7 Å². The Morgan fingerprint density at radius 1 is 0.857 bits per heavy atom. The molecule has 8 nitrogen and oxygen atoms in total. The summed E-state index contributed by atoms with van der Waals surface area (Å²) in [6.45, 7) is 7.76. The Hall–Kier alpha value is -3.03. The van der Waals surface area contributed by atoms with Gasteiger partial charge in [-0.3, -0.25) is 4.98 Å². The topological polar surface area (TPSA) is 74.2 Å². The fraction of sp³-hybridized carbons (Fsp3) is 0.450. The minimum absolute atomic E-state index is 0.846. The molecule has 0 spiro atoms. The monoisotopic (exact) mass is 376 g/mol. The first kappa shape index (κ1) is 17.1. The Bertz CT molecular complexity index is 972. The van der Waals surface area contributed by atoms with E-state index in [1.807, 2.05) is 6.07 Å². The summed E-state index contributed by atoms with van der Waals surface area (Å²) in [6.07, 6.45) is 7.71.